The first-order valence-electron chi connectivity index (χ1n) is 7.14. The van der Waals surface area contributed by atoms with Gasteiger partial charge in [-0.05, 0) is 39.7 Å². The van der Waals surface area contributed by atoms with Crippen molar-refractivity contribution in [2.24, 2.45) is 5.10 Å². The maximum absolute atomic E-state index is 5.19. The molecule has 0 aliphatic heterocycles. The molecule has 0 saturated heterocycles. The molecule has 0 unspecified atom stereocenters. The Balaban J connectivity index is 1.72. The average Bonchev–Trinajstić information content (AvgIpc) is 2.63. The number of hydrazone groups is 1. The van der Waals surface area contributed by atoms with E-state index in [9.17, 15) is 0 Å². The first-order valence-corrected chi connectivity index (χ1v) is 7.93. The lowest BCUT2D eigenvalue weighted by molar-refractivity contribution is 0.412. The smallest absolute Gasteiger partial charge is 0.263 e. The summed E-state index contributed by atoms with van der Waals surface area (Å²) in [5, 5.41) is 12.0. The second kappa shape index (κ2) is 7.65. The van der Waals surface area contributed by atoms with Gasteiger partial charge in [0.05, 0.1) is 29.7 Å². The molecule has 0 radical (unpaired) electrons. The molecule has 0 spiro atoms. The summed E-state index contributed by atoms with van der Waals surface area (Å²) in [5.41, 5.74) is 5.40. The van der Waals surface area contributed by atoms with Crippen molar-refractivity contribution in [1.29, 1.82) is 0 Å². The molecule has 120 valence electrons. The molecule has 1 heterocycles. The molecule has 3 aromatic rings. The van der Waals surface area contributed by atoms with Gasteiger partial charge in [-0.25, -0.2) is 10.4 Å². The summed E-state index contributed by atoms with van der Waals surface area (Å²) in [4.78, 5) is 4.39. The van der Waals surface area contributed by atoms with Crippen LogP contribution in [0.15, 0.2) is 64.3 Å². The van der Waals surface area contributed by atoms with E-state index in [1.54, 1.807) is 19.5 Å². The summed E-state index contributed by atoms with van der Waals surface area (Å²) in [5.74, 6) is 1.10. The highest BCUT2D eigenvalue weighted by Crippen LogP contribution is 2.24. The van der Waals surface area contributed by atoms with E-state index in [0.29, 0.717) is 5.95 Å². The lowest BCUT2D eigenvalue weighted by Crippen LogP contribution is -2.00. The van der Waals surface area contributed by atoms with Crippen LogP contribution in [0.5, 0.6) is 5.75 Å². The molecule has 6 nitrogen and oxygen atoms in total. The standard InChI is InChI=1S/C17H14BrN5O/c1-24-16-8-7-12(9-14(16)18)10-19-22-17-21-15(11-20-23-17)13-5-3-2-4-6-13/h2-11H,1H3,(H,21,22,23)/b19-10+. The van der Waals surface area contributed by atoms with Crippen LogP contribution in [-0.2, 0) is 0 Å². The van der Waals surface area contributed by atoms with E-state index in [2.05, 4.69) is 41.6 Å². The molecule has 0 atom stereocenters. The quantitative estimate of drug-likeness (QED) is 0.536. The zero-order valence-corrected chi connectivity index (χ0v) is 14.4. The zero-order valence-electron chi connectivity index (χ0n) is 12.8. The van der Waals surface area contributed by atoms with Crippen LogP contribution in [0.4, 0.5) is 5.95 Å². The van der Waals surface area contributed by atoms with Gasteiger partial charge < -0.3 is 4.74 Å². The summed E-state index contributed by atoms with van der Waals surface area (Å²) in [6.45, 7) is 0. The number of methoxy groups -OCH3 is 1. The molecule has 24 heavy (non-hydrogen) atoms. The van der Waals surface area contributed by atoms with Crippen LogP contribution in [0.2, 0.25) is 0 Å². The Kier molecular flexibility index (Phi) is 5.12. The largest absolute Gasteiger partial charge is 0.496 e. The third-order valence-electron chi connectivity index (χ3n) is 3.18. The minimum absolute atomic E-state index is 0.334. The van der Waals surface area contributed by atoms with Gasteiger partial charge in [0.1, 0.15) is 5.75 Å². The van der Waals surface area contributed by atoms with Gasteiger partial charge in [0.25, 0.3) is 5.95 Å². The van der Waals surface area contributed by atoms with Gasteiger partial charge in [-0.15, -0.1) is 5.10 Å². The molecule has 7 heteroatoms. The van der Waals surface area contributed by atoms with E-state index in [4.69, 9.17) is 4.74 Å². The highest BCUT2D eigenvalue weighted by Gasteiger charge is 2.02. The zero-order chi connectivity index (χ0) is 16.8. The summed E-state index contributed by atoms with van der Waals surface area (Å²) >= 11 is 3.44. The molecule has 0 bridgehead atoms. The highest BCUT2D eigenvalue weighted by molar-refractivity contribution is 9.10. The SMILES string of the molecule is COc1ccc(/C=N/Nc2nncc(-c3ccccc3)n2)cc1Br. The van der Waals surface area contributed by atoms with Gasteiger partial charge in [-0.1, -0.05) is 30.3 Å². The normalized spacial score (nSPS) is 10.8. The summed E-state index contributed by atoms with van der Waals surface area (Å²) in [7, 11) is 1.62. The van der Waals surface area contributed by atoms with Crippen molar-refractivity contribution in [3.8, 4) is 17.0 Å². The van der Waals surface area contributed by atoms with Crippen LogP contribution in [0.3, 0.4) is 0 Å². The molecule has 1 N–H and O–H groups in total. The molecular formula is C17H14BrN5O. The predicted octanol–water partition coefficient (Wildman–Crippen LogP) is 3.76. The molecule has 0 aliphatic rings. The van der Waals surface area contributed by atoms with Gasteiger partial charge >= 0.3 is 0 Å². The minimum Gasteiger partial charge on any atom is -0.496 e. The van der Waals surface area contributed by atoms with E-state index < -0.39 is 0 Å². The number of ether oxygens (including phenoxy) is 1. The Hall–Kier alpha value is -2.80. The molecule has 0 aliphatic carbocycles. The molecule has 0 amide bonds. The Bertz CT molecular complexity index is 855. The van der Waals surface area contributed by atoms with Crippen LogP contribution < -0.4 is 10.2 Å². The van der Waals surface area contributed by atoms with Crippen molar-refractivity contribution in [1.82, 2.24) is 15.2 Å². The Morgan fingerprint density at radius 3 is 2.75 bits per heavy atom. The number of nitrogens with one attached hydrogen (secondary N) is 1. The summed E-state index contributed by atoms with van der Waals surface area (Å²) < 4.78 is 6.05. The van der Waals surface area contributed by atoms with Crippen molar-refractivity contribution < 1.29 is 4.74 Å². The van der Waals surface area contributed by atoms with Gasteiger partial charge in [-0.3, -0.25) is 0 Å². The van der Waals surface area contributed by atoms with E-state index in [0.717, 1.165) is 27.0 Å². The number of nitrogens with zero attached hydrogens (tertiary/aromatic N) is 4. The number of hydrogen-bond donors (Lipinski definition) is 1. The number of anilines is 1. The number of benzene rings is 2. The van der Waals surface area contributed by atoms with Gasteiger partial charge in [0.2, 0.25) is 0 Å². The predicted molar refractivity (Wildman–Crippen MR) is 97.2 cm³/mol. The molecule has 3 rings (SSSR count). The third kappa shape index (κ3) is 3.94. The van der Waals surface area contributed by atoms with Crippen LogP contribution in [0, 0.1) is 0 Å². The van der Waals surface area contributed by atoms with Crippen LogP contribution >= 0.6 is 15.9 Å². The maximum atomic E-state index is 5.19. The molecular weight excluding hydrogens is 370 g/mol. The van der Waals surface area contributed by atoms with Crippen LogP contribution in [0.1, 0.15) is 5.56 Å². The van der Waals surface area contributed by atoms with Crippen molar-refractivity contribution in [2.75, 3.05) is 12.5 Å². The Morgan fingerprint density at radius 1 is 1.17 bits per heavy atom. The fraction of sp³-hybridized carbons (Fsp3) is 0.0588. The highest BCUT2D eigenvalue weighted by atomic mass is 79.9. The average molecular weight is 384 g/mol. The van der Waals surface area contributed by atoms with Crippen molar-refractivity contribution in [3.63, 3.8) is 0 Å². The van der Waals surface area contributed by atoms with E-state index >= 15 is 0 Å². The monoisotopic (exact) mass is 383 g/mol. The Labute approximate surface area is 147 Å². The van der Waals surface area contributed by atoms with Crippen LogP contribution in [-0.4, -0.2) is 28.5 Å². The topological polar surface area (TPSA) is 72.3 Å². The lowest BCUT2D eigenvalue weighted by atomic mass is 10.2. The molecule has 0 fully saturated rings. The molecule has 0 saturated carbocycles. The van der Waals surface area contributed by atoms with Gasteiger partial charge in [0.15, 0.2) is 0 Å². The van der Waals surface area contributed by atoms with E-state index in [1.807, 2.05) is 48.5 Å². The first kappa shape index (κ1) is 16.1. The van der Waals surface area contributed by atoms with Crippen molar-refractivity contribution >= 4 is 28.1 Å². The van der Waals surface area contributed by atoms with Gasteiger partial charge in [-0.2, -0.15) is 10.2 Å². The summed E-state index contributed by atoms with van der Waals surface area (Å²) in [6.07, 6.45) is 3.29. The molecule has 1 aromatic heterocycles. The fourth-order valence-corrected chi connectivity index (χ4v) is 2.58. The number of hydrogen-bond acceptors (Lipinski definition) is 6. The van der Waals surface area contributed by atoms with Crippen molar-refractivity contribution in [3.05, 3.63) is 64.8 Å². The van der Waals surface area contributed by atoms with Crippen LogP contribution in [0.25, 0.3) is 11.3 Å². The third-order valence-corrected chi connectivity index (χ3v) is 3.80. The first-order chi connectivity index (χ1) is 11.8. The fourth-order valence-electron chi connectivity index (χ4n) is 2.03. The Morgan fingerprint density at radius 2 is 2.00 bits per heavy atom. The number of halogens is 1. The molecule has 2 aromatic carbocycles. The second-order valence-corrected chi connectivity index (χ2v) is 5.65. The lowest BCUT2D eigenvalue weighted by Gasteiger charge is -2.03. The van der Waals surface area contributed by atoms with Crippen molar-refractivity contribution in [2.45, 2.75) is 0 Å². The maximum Gasteiger partial charge on any atom is 0.263 e. The van der Waals surface area contributed by atoms with Gasteiger partial charge in [0, 0.05) is 5.56 Å². The summed E-state index contributed by atoms with van der Waals surface area (Å²) in [6, 6.07) is 15.4. The number of aromatic nitrogens is 3. The van der Waals surface area contributed by atoms with E-state index in [-0.39, 0.29) is 0 Å². The second-order valence-electron chi connectivity index (χ2n) is 4.80. The van der Waals surface area contributed by atoms with E-state index in [1.165, 1.54) is 0 Å². The number of rotatable bonds is 5. The minimum atomic E-state index is 0.334.